The van der Waals surface area contributed by atoms with Crippen LogP contribution in [0.15, 0.2) is 42.1 Å². The molecular formula is C17H19N5O3S. The minimum atomic E-state index is -0.483. The molecule has 2 aromatic rings. The summed E-state index contributed by atoms with van der Waals surface area (Å²) in [5.74, 6) is 1.81. The van der Waals surface area contributed by atoms with Crippen LogP contribution < -0.4 is 15.4 Å². The normalized spacial score (nSPS) is 16.7. The number of rotatable bonds is 7. The molecule has 2 heterocycles. The molecule has 0 bridgehead atoms. The van der Waals surface area contributed by atoms with Crippen LogP contribution in [0.1, 0.15) is 12.2 Å². The maximum Gasteiger partial charge on any atom is 0.321 e. The fourth-order valence-corrected chi connectivity index (χ4v) is 3.37. The molecule has 26 heavy (non-hydrogen) atoms. The van der Waals surface area contributed by atoms with Crippen LogP contribution in [0.4, 0.5) is 4.79 Å². The van der Waals surface area contributed by atoms with Gasteiger partial charge in [0.05, 0.1) is 7.11 Å². The maximum atomic E-state index is 11.6. The van der Waals surface area contributed by atoms with Crippen molar-refractivity contribution >= 4 is 23.7 Å². The Labute approximate surface area is 155 Å². The average Bonchev–Trinajstić information content (AvgIpc) is 3.01. The van der Waals surface area contributed by atoms with Gasteiger partial charge in [0.15, 0.2) is 5.16 Å². The molecule has 1 aromatic carbocycles. The van der Waals surface area contributed by atoms with Crippen molar-refractivity contribution < 1.29 is 14.3 Å². The molecule has 1 fully saturated rings. The van der Waals surface area contributed by atoms with Gasteiger partial charge in [0, 0.05) is 30.3 Å². The standard InChI is InChI=1S/C17H19N5O3S/c1-3-8-26-17-21-20-14(9-11-10-15(23)19-16(24)18-11)22(17)12-4-6-13(25-2)7-5-12/h3-7,11H,1,8-10H2,2H3,(H2,18,19,23,24). The number of thioether (sulfide) groups is 1. The van der Waals surface area contributed by atoms with E-state index in [4.69, 9.17) is 4.74 Å². The molecule has 0 spiro atoms. The van der Waals surface area contributed by atoms with Gasteiger partial charge < -0.3 is 10.1 Å². The van der Waals surface area contributed by atoms with Crippen molar-refractivity contribution in [3.05, 3.63) is 42.7 Å². The van der Waals surface area contributed by atoms with E-state index < -0.39 is 6.03 Å². The van der Waals surface area contributed by atoms with Gasteiger partial charge in [-0.1, -0.05) is 17.8 Å². The largest absolute Gasteiger partial charge is 0.497 e. The van der Waals surface area contributed by atoms with Crippen molar-refractivity contribution in [2.24, 2.45) is 0 Å². The third-order valence-corrected chi connectivity index (χ3v) is 4.74. The lowest BCUT2D eigenvalue weighted by molar-refractivity contribution is -0.121. The van der Waals surface area contributed by atoms with E-state index in [2.05, 4.69) is 27.4 Å². The van der Waals surface area contributed by atoms with Gasteiger partial charge in [-0.05, 0) is 24.3 Å². The molecule has 1 aliphatic rings. The first-order valence-electron chi connectivity index (χ1n) is 8.03. The molecular weight excluding hydrogens is 354 g/mol. The highest BCUT2D eigenvalue weighted by Gasteiger charge is 2.26. The summed E-state index contributed by atoms with van der Waals surface area (Å²) >= 11 is 1.51. The molecule has 1 saturated heterocycles. The average molecular weight is 373 g/mol. The van der Waals surface area contributed by atoms with E-state index >= 15 is 0 Å². The highest BCUT2D eigenvalue weighted by atomic mass is 32.2. The van der Waals surface area contributed by atoms with E-state index in [1.165, 1.54) is 11.8 Å². The van der Waals surface area contributed by atoms with Crippen molar-refractivity contribution in [3.8, 4) is 11.4 Å². The molecule has 1 aromatic heterocycles. The zero-order chi connectivity index (χ0) is 18.5. The molecule has 8 nitrogen and oxygen atoms in total. The quantitative estimate of drug-likeness (QED) is 0.566. The number of nitrogens with one attached hydrogen (secondary N) is 2. The van der Waals surface area contributed by atoms with Gasteiger partial charge in [-0.2, -0.15) is 0 Å². The summed E-state index contributed by atoms with van der Waals surface area (Å²) in [5, 5.41) is 14.2. The minimum Gasteiger partial charge on any atom is -0.497 e. The van der Waals surface area contributed by atoms with Gasteiger partial charge in [0.25, 0.3) is 0 Å². The highest BCUT2D eigenvalue weighted by Crippen LogP contribution is 2.24. The number of benzene rings is 1. The van der Waals surface area contributed by atoms with Gasteiger partial charge in [0.2, 0.25) is 5.91 Å². The first kappa shape index (κ1) is 18.0. The van der Waals surface area contributed by atoms with Crippen LogP contribution in [-0.2, 0) is 11.2 Å². The molecule has 3 amide bonds. The van der Waals surface area contributed by atoms with Crippen molar-refractivity contribution in [2.75, 3.05) is 12.9 Å². The highest BCUT2D eigenvalue weighted by molar-refractivity contribution is 7.99. The molecule has 0 radical (unpaired) electrons. The lowest BCUT2D eigenvalue weighted by Gasteiger charge is -2.23. The number of ether oxygens (including phenoxy) is 1. The van der Waals surface area contributed by atoms with Crippen LogP contribution in [0.3, 0.4) is 0 Å². The topological polar surface area (TPSA) is 98.1 Å². The summed E-state index contributed by atoms with van der Waals surface area (Å²) in [4.78, 5) is 23.1. The van der Waals surface area contributed by atoms with Crippen LogP contribution in [0, 0.1) is 0 Å². The number of nitrogens with zero attached hydrogens (tertiary/aromatic N) is 3. The second-order valence-electron chi connectivity index (χ2n) is 5.66. The molecule has 9 heteroatoms. The maximum absolute atomic E-state index is 11.6. The van der Waals surface area contributed by atoms with Crippen LogP contribution in [-0.4, -0.2) is 45.6 Å². The second-order valence-corrected chi connectivity index (χ2v) is 6.65. The Balaban J connectivity index is 1.91. The van der Waals surface area contributed by atoms with Crippen molar-refractivity contribution in [3.63, 3.8) is 0 Å². The van der Waals surface area contributed by atoms with E-state index in [-0.39, 0.29) is 18.4 Å². The van der Waals surface area contributed by atoms with E-state index in [9.17, 15) is 9.59 Å². The summed E-state index contributed by atoms with van der Waals surface area (Å²) in [6.45, 7) is 3.73. The van der Waals surface area contributed by atoms with Crippen LogP contribution in [0.25, 0.3) is 5.69 Å². The number of carbonyl (C=O) groups is 2. The van der Waals surface area contributed by atoms with Crippen molar-refractivity contribution in [1.82, 2.24) is 25.4 Å². The zero-order valence-corrected chi connectivity index (χ0v) is 15.1. The Bertz CT molecular complexity index is 802. The van der Waals surface area contributed by atoms with Crippen LogP contribution in [0.2, 0.25) is 0 Å². The van der Waals surface area contributed by atoms with E-state index in [0.29, 0.717) is 18.0 Å². The molecule has 2 N–H and O–H groups in total. The van der Waals surface area contributed by atoms with Crippen molar-refractivity contribution in [2.45, 2.75) is 24.0 Å². The van der Waals surface area contributed by atoms with E-state index in [0.717, 1.165) is 16.6 Å². The van der Waals surface area contributed by atoms with Gasteiger partial charge >= 0.3 is 6.03 Å². The van der Waals surface area contributed by atoms with Gasteiger partial charge in [-0.25, -0.2) is 4.79 Å². The molecule has 0 aliphatic carbocycles. The minimum absolute atomic E-state index is 0.205. The Morgan fingerprint density at radius 2 is 2.12 bits per heavy atom. The summed E-state index contributed by atoms with van der Waals surface area (Å²) in [5.41, 5.74) is 0.879. The molecule has 1 atom stereocenters. The first-order valence-corrected chi connectivity index (χ1v) is 9.02. The predicted molar refractivity (Wildman–Crippen MR) is 97.6 cm³/mol. The molecule has 1 aliphatic heterocycles. The predicted octanol–water partition coefficient (Wildman–Crippen LogP) is 1.69. The van der Waals surface area contributed by atoms with Crippen LogP contribution in [0.5, 0.6) is 5.75 Å². The zero-order valence-electron chi connectivity index (χ0n) is 14.3. The lowest BCUT2D eigenvalue weighted by Crippen LogP contribution is -2.53. The monoisotopic (exact) mass is 373 g/mol. The number of hydrogen-bond donors (Lipinski definition) is 2. The number of urea groups is 1. The number of hydrogen-bond acceptors (Lipinski definition) is 6. The molecule has 136 valence electrons. The third-order valence-electron chi connectivity index (χ3n) is 3.81. The SMILES string of the molecule is C=CCSc1nnc(CC2CC(=O)NC(=O)N2)n1-c1ccc(OC)cc1. The summed E-state index contributed by atoms with van der Waals surface area (Å²) in [7, 11) is 1.61. The number of carbonyl (C=O) groups excluding carboxylic acids is 2. The van der Waals surface area contributed by atoms with Crippen molar-refractivity contribution in [1.29, 1.82) is 0 Å². The number of methoxy groups -OCH3 is 1. The fourth-order valence-electron chi connectivity index (χ4n) is 2.67. The smallest absolute Gasteiger partial charge is 0.321 e. The second kappa shape index (κ2) is 8.05. The Kier molecular flexibility index (Phi) is 5.57. The Hall–Kier alpha value is -2.81. The summed E-state index contributed by atoms with van der Waals surface area (Å²) in [6, 6.07) is 6.73. The number of amides is 3. The van der Waals surface area contributed by atoms with Gasteiger partial charge in [0.1, 0.15) is 11.6 Å². The Morgan fingerprint density at radius 3 is 2.77 bits per heavy atom. The van der Waals surface area contributed by atoms with Gasteiger partial charge in [-0.15, -0.1) is 16.8 Å². The van der Waals surface area contributed by atoms with Crippen LogP contribution >= 0.6 is 11.8 Å². The van der Waals surface area contributed by atoms with Gasteiger partial charge in [-0.3, -0.25) is 14.7 Å². The fraction of sp³-hybridized carbons (Fsp3) is 0.294. The first-order chi connectivity index (χ1) is 12.6. The number of aromatic nitrogens is 3. The Morgan fingerprint density at radius 1 is 1.35 bits per heavy atom. The molecule has 3 rings (SSSR count). The lowest BCUT2D eigenvalue weighted by atomic mass is 10.1. The molecule has 1 unspecified atom stereocenters. The summed E-state index contributed by atoms with van der Waals surface area (Å²) < 4.78 is 7.13. The van der Waals surface area contributed by atoms with E-state index in [1.807, 2.05) is 28.8 Å². The third kappa shape index (κ3) is 4.05. The summed E-state index contributed by atoms with van der Waals surface area (Å²) in [6.07, 6.45) is 2.40. The molecule has 0 saturated carbocycles. The van der Waals surface area contributed by atoms with E-state index in [1.54, 1.807) is 13.2 Å². The number of imide groups is 1.